The molecule has 1 amide bonds. The molecule has 2 aromatic rings. The maximum atomic E-state index is 12.1. The summed E-state index contributed by atoms with van der Waals surface area (Å²) in [4.78, 5) is 22.2. The number of carbonyl (C=O) groups excluding carboxylic acids is 1. The van der Waals surface area contributed by atoms with E-state index < -0.39 is 0 Å². The van der Waals surface area contributed by atoms with Gasteiger partial charge in [-0.3, -0.25) is 9.69 Å². The molecule has 0 saturated carbocycles. The van der Waals surface area contributed by atoms with Crippen molar-refractivity contribution in [2.45, 2.75) is 25.6 Å². The van der Waals surface area contributed by atoms with Gasteiger partial charge in [-0.2, -0.15) is 0 Å². The number of thiophene rings is 1. The summed E-state index contributed by atoms with van der Waals surface area (Å²) in [5, 5.41) is 8.78. The number of nitrogens with one attached hydrogen (secondary N) is 2. The highest BCUT2D eigenvalue weighted by atomic mass is 32.1. The molecule has 2 unspecified atom stereocenters. The molecule has 1 aliphatic heterocycles. The quantitative estimate of drug-likeness (QED) is 0.484. The Morgan fingerprint density at radius 1 is 1.26 bits per heavy atom. The summed E-state index contributed by atoms with van der Waals surface area (Å²) < 4.78 is 5.74. The van der Waals surface area contributed by atoms with E-state index in [0.717, 1.165) is 25.3 Å². The van der Waals surface area contributed by atoms with E-state index in [1.54, 1.807) is 30.3 Å². The van der Waals surface area contributed by atoms with Crippen molar-refractivity contribution in [3.05, 3.63) is 58.3 Å². The average Bonchev–Trinajstić information content (AvgIpc) is 3.30. The molecule has 0 bridgehead atoms. The molecular formula is C23H33N5O2S. The molecule has 8 heteroatoms. The van der Waals surface area contributed by atoms with Crippen LogP contribution in [-0.2, 0) is 16.1 Å². The second-order valence-electron chi connectivity index (χ2n) is 7.88. The fourth-order valence-electron chi connectivity index (χ4n) is 3.46. The topological polar surface area (TPSA) is 69.2 Å². The number of rotatable bonds is 8. The van der Waals surface area contributed by atoms with E-state index in [4.69, 9.17) is 9.73 Å². The van der Waals surface area contributed by atoms with E-state index in [1.165, 1.54) is 4.88 Å². The number of benzene rings is 1. The molecule has 1 fully saturated rings. The van der Waals surface area contributed by atoms with Crippen LogP contribution in [0.2, 0.25) is 0 Å². The van der Waals surface area contributed by atoms with Crippen LogP contribution in [0, 0.1) is 0 Å². The minimum Gasteiger partial charge on any atom is -0.376 e. The lowest BCUT2D eigenvalue weighted by Gasteiger charge is -2.37. The van der Waals surface area contributed by atoms with Crippen LogP contribution in [0.25, 0.3) is 0 Å². The van der Waals surface area contributed by atoms with E-state index in [2.05, 4.69) is 52.1 Å². The Labute approximate surface area is 189 Å². The van der Waals surface area contributed by atoms with E-state index in [9.17, 15) is 4.79 Å². The van der Waals surface area contributed by atoms with Gasteiger partial charge in [0, 0.05) is 38.6 Å². The lowest BCUT2D eigenvalue weighted by atomic mass is 10.1. The lowest BCUT2D eigenvalue weighted by molar-refractivity contribution is -0.127. The zero-order valence-electron chi connectivity index (χ0n) is 18.6. The van der Waals surface area contributed by atoms with Crippen LogP contribution in [0.5, 0.6) is 0 Å². The van der Waals surface area contributed by atoms with Crippen LogP contribution in [0.3, 0.4) is 0 Å². The van der Waals surface area contributed by atoms with Crippen LogP contribution in [0.15, 0.2) is 52.8 Å². The first-order valence-electron chi connectivity index (χ1n) is 10.7. The molecule has 2 atom stereocenters. The van der Waals surface area contributed by atoms with Gasteiger partial charge in [-0.15, -0.1) is 11.3 Å². The van der Waals surface area contributed by atoms with Gasteiger partial charge in [0.05, 0.1) is 31.8 Å². The zero-order chi connectivity index (χ0) is 22.1. The Morgan fingerprint density at radius 3 is 2.74 bits per heavy atom. The monoisotopic (exact) mass is 443 g/mol. The van der Waals surface area contributed by atoms with Crippen molar-refractivity contribution >= 4 is 23.2 Å². The second kappa shape index (κ2) is 11.8. The van der Waals surface area contributed by atoms with E-state index in [0.29, 0.717) is 19.0 Å². The van der Waals surface area contributed by atoms with Crippen molar-refractivity contribution in [3.63, 3.8) is 0 Å². The molecular weight excluding hydrogens is 410 g/mol. The largest absolute Gasteiger partial charge is 0.376 e. The fraction of sp³-hybridized carbons (Fsp3) is 0.478. The normalized spacial score (nSPS) is 18.4. The van der Waals surface area contributed by atoms with E-state index in [-0.39, 0.29) is 24.6 Å². The summed E-state index contributed by atoms with van der Waals surface area (Å²) >= 11 is 1.77. The summed E-state index contributed by atoms with van der Waals surface area (Å²) in [6.07, 6.45) is 0.221. The van der Waals surface area contributed by atoms with Crippen molar-refractivity contribution in [2.75, 3.05) is 46.9 Å². The van der Waals surface area contributed by atoms with Gasteiger partial charge >= 0.3 is 0 Å². The van der Waals surface area contributed by atoms with Gasteiger partial charge < -0.3 is 20.3 Å². The molecule has 0 spiro atoms. The molecule has 168 valence electrons. The third-order valence-electron chi connectivity index (χ3n) is 5.22. The Kier molecular flexibility index (Phi) is 8.87. The van der Waals surface area contributed by atoms with E-state index in [1.807, 2.05) is 18.2 Å². The molecule has 3 rings (SSSR count). The molecule has 1 aromatic carbocycles. The minimum atomic E-state index is 0.00558. The number of amides is 1. The smallest absolute Gasteiger partial charge is 0.241 e. The number of hydrogen-bond donors (Lipinski definition) is 2. The maximum absolute atomic E-state index is 12.1. The van der Waals surface area contributed by atoms with Crippen LogP contribution in [-0.4, -0.2) is 74.7 Å². The van der Waals surface area contributed by atoms with E-state index >= 15 is 0 Å². The van der Waals surface area contributed by atoms with Gasteiger partial charge in [-0.25, -0.2) is 4.99 Å². The number of hydrogen-bond acceptors (Lipinski definition) is 5. The van der Waals surface area contributed by atoms with Crippen LogP contribution < -0.4 is 10.6 Å². The van der Waals surface area contributed by atoms with Crippen molar-refractivity contribution in [2.24, 2.45) is 4.99 Å². The Hall–Kier alpha value is -2.42. The SMILES string of the molecule is CC1CN(C(CNC(=NCc2ccccc2)NCC(=O)N(C)C)c2cccs2)CCO1. The number of ether oxygens (including phenoxy) is 1. The molecule has 7 nitrogen and oxygen atoms in total. The number of nitrogens with zero attached hydrogens (tertiary/aromatic N) is 3. The first-order valence-corrected chi connectivity index (χ1v) is 11.6. The molecule has 2 heterocycles. The molecule has 0 radical (unpaired) electrons. The number of carbonyl (C=O) groups is 1. The maximum Gasteiger partial charge on any atom is 0.241 e. The standard InChI is InChI=1S/C23H33N5O2S/c1-18-17-28(11-12-30-18)20(21-10-7-13-31-21)15-25-23(26-16-22(29)27(2)3)24-14-19-8-5-4-6-9-19/h4-10,13,18,20H,11-12,14-17H2,1-3H3,(H2,24,25,26). The molecule has 1 aromatic heterocycles. The van der Waals surface area contributed by atoms with Gasteiger partial charge in [-0.05, 0) is 23.9 Å². The van der Waals surface area contributed by atoms with Crippen LogP contribution in [0.1, 0.15) is 23.4 Å². The second-order valence-corrected chi connectivity index (χ2v) is 8.86. The molecule has 1 saturated heterocycles. The average molecular weight is 444 g/mol. The summed E-state index contributed by atoms with van der Waals surface area (Å²) in [6, 6.07) is 14.6. The molecule has 0 aliphatic carbocycles. The third kappa shape index (κ3) is 7.34. The summed E-state index contributed by atoms with van der Waals surface area (Å²) in [5.74, 6) is 0.646. The first-order chi connectivity index (χ1) is 15.0. The highest BCUT2D eigenvalue weighted by molar-refractivity contribution is 7.10. The Morgan fingerprint density at radius 2 is 2.06 bits per heavy atom. The zero-order valence-corrected chi connectivity index (χ0v) is 19.4. The van der Waals surface area contributed by atoms with Gasteiger partial charge in [0.15, 0.2) is 5.96 Å². The van der Waals surface area contributed by atoms with Crippen LogP contribution >= 0.6 is 11.3 Å². The lowest BCUT2D eigenvalue weighted by Crippen LogP contribution is -2.49. The predicted molar refractivity (Wildman–Crippen MR) is 126 cm³/mol. The highest BCUT2D eigenvalue weighted by Crippen LogP contribution is 2.26. The first kappa shape index (κ1) is 23.2. The summed E-state index contributed by atoms with van der Waals surface area (Å²) in [7, 11) is 3.51. The Bertz CT molecular complexity index is 826. The van der Waals surface area contributed by atoms with Crippen molar-refractivity contribution < 1.29 is 9.53 Å². The summed E-state index contributed by atoms with van der Waals surface area (Å²) in [6.45, 7) is 6.10. The fourth-order valence-corrected chi connectivity index (χ4v) is 4.32. The van der Waals surface area contributed by atoms with Gasteiger partial charge in [0.25, 0.3) is 0 Å². The van der Waals surface area contributed by atoms with Crippen molar-refractivity contribution in [3.8, 4) is 0 Å². The van der Waals surface area contributed by atoms with Gasteiger partial charge in [-0.1, -0.05) is 36.4 Å². The molecule has 2 N–H and O–H groups in total. The number of aliphatic imine (C=N–C) groups is 1. The van der Waals surface area contributed by atoms with Crippen molar-refractivity contribution in [1.29, 1.82) is 0 Å². The number of guanidine groups is 1. The predicted octanol–water partition coefficient (Wildman–Crippen LogP) is 2.33. The number of morpholine rings is 1. The summed E-state index contributed by atoms with van der Waals surface area (Å²) in [5.41, 5.74) is 1.12. The van der Waals surface area contributed by atoms with Gasteiger partial charge in [0.1, 0.15) is 0 Å². The van der Waals surface area contributed by atoms with Crippen molar-refractivity contribution in [1.82, 2.24) is 20.4 Å². The van der Waals surface area contributed by atoms with Gasteiger partial charge in [0.2, 0.25) is 5.91 Å². The third-order valence-corrected chi connectivity index (χ3v) is 6.19. The molecule has 1 aliphatic rings. The molecule has 31 heavy (non-hydrogen) atoms. The Balaban J connectivity index is 1.70. The minimum absolute atomic E-state index is 0.00558. The highest BCUT2D eigenvalue weighted by Gasteiger charge is 2.26. The number of likely N-dealkylation sites (N-methyl/N-ethyl adjacent to an activating group) is 1. The van der Waals surface area contributed by atoms with Crippen LogP contribution in [0.4, 0.5) is 0 Å².